The number of benzene rings is 1. The fourth-order valence-electron chi connectivity index (χ4n) is 2.82. The van der Waals surface area contributed by atoms with Crippen LogP contribution in [0.1, 0.15) is 33.3 Å². The lowest BCUT2D eigenvalue weighted by atomic mass is 9.77. The summed E-state index contributed by atoms with van der Waals surface area (Å²) in [6.07, 6.45) is 6.41. The average molecular weight is 327 g/mol. The number of rotatable bonds is 4. The van der Waals surface area contributed by atoms with Crippen LogP contribution < -0.4 is 4.74 Å². The van der Waals surface area contributed by atoms with Crippen molar-refractivity contribution in [2.24, 2.45) is 0 Å². The Labute approximate surface area is 145 Å². The highest BCUT2D eigenvalue weighted by Crippen LogP contribution is 2.39. The van der Waals surface area contributed by atoms with E-state index in [4.69, 9.17) is 14.0 Å². The van der Waals surface area contributed by atoms with E-state index in [9.17, 15) is 0 Å². The zero-order valence-electron chi connectivity index (χ0n) is 15.2. The zero-order chi connectivity index (χ0) is 17.4. The molecule has 1 aromatic rings. The van der Waals surface area contributed by atoms with Crippen LogP contribution in [-0.4, -0.2) is 36.9 Å². The van der Waals surface area contributed by atoms with Gasteiger partial charge in [-0.1, -0.05) is 24.3 Å². The Kier molecular flexibility index (Phi) is 4.49. The summed E-state index contributed by atoms with van der Waals surface area (Å²) in [5.74, 6) is 0.880. The minimum absolute atomic E-state index is 0.315. The van der Waals surface area contributed by atoms with E-state index in [1.54, 1.807) is 7.11 Å². The number of ether oxygens (including phenoxy) is 1. The minimum atomic E-state index is -0.315. The van der Waals surface area contributed by atoms with Gasteiger partial charge in [0.2, 0.25) is 0 Å². The van der Waals surface area contributed by atoms with E-state index in [0.29, 0.717) is 0 Å². The van der Waals surface area contributed by atoms with Crippen molar-refractivity contribution in [3.63, 3.8) is 0 Å². The molecular formula is C19H26BNO3. The van der Waals surface area contributed by atoms with Crippen molar-refractivity contribution in [3.8, 4) is 5.75 Å². The summed E-state index contributed by atoms with van der Waals surface area (Å²) in [5, 5.41) is 0. The maximum atomic E-state index is 6.15. The molecule has 2 aliphatic rings. The largest absolute Gasteiger partial charge is 0.497 e. The molecule has 0 amide bonds. The standard InChI is InChI=1S/C19H26BNO3/c1-18(2)19(3,4)24-20(23-18)16-7-6-12-21(14-16)13-15-8-10-17(22-5)11-9-15/h6-11,14H,12-13H2,1-5H3. The molecule has 0 aliphatic carbocycles. The highest BCUT2D eigenvalue weighted by atomic mass is 16.7. The summed E-state index contributed by atoms with van der Waals surface area (Å²) in [6.45, 7) is 10.0. The van der Waals surface area contributed by atoms with Gasteiger partial charge in [-0.25, -0.2) is 0 Å². The van der Waals surface area contributed by atoms with Crippen molar-refractivity contribution in [1.29, 1.82) is 0 Å². The Balaban J connectivity index is 1.70. The molecule has 2 aliphatic heterocycles. The molecule has 0 aromatic heterocycles. The summed E-state index contributed by atoms with van der Waals surface area (Å²) < 4.78 is 17.5. The van der Waals surface area contributed by atoms with E-state index in [-0.39, 0.29) is 18.3 Å². The van der Waals surface area contributed by atoms with Crippen molar-refractivity contribution in [2.75, 3.05) is 13.7 Å². The lowest BCUT2D eigenvalue weighted by Gasteiger charge is -2.32. The van der Waals surface area contributed by atoms with Crippen LogP contribution in [0.25, 0.3) is 0 Å². The second-order valence-corrected chi connectivity index (χ2v) is 7.40. The number of allylic oxidation sites excluding steroid dienone is 2. The lowest BCUT2D eigenvalue weighted by molar-refractivity contribution is 0.00578. The number of methoxy groups -OCH3 is 1. The van der Waals surface area contributed by atoms with Gasteiger partial charge < -0.3 is 18.9 Å². The van der Waals surface area contributed by atoms with Crippen LogP contribution in [-0.2, 0) is 15.9 Å². The average Bonchev–Trinajstić information content (AvgIpc) is 2.76. The first-order valence-corrected chi connectivity index (χ1v) is 8.42. The van der Waals surface area contributed by atoms with Crippen LogP contribution in [0.3, 0.4) is 0 Å². The van der Waals surface area contributed by atoms with E-state index in [1.165, 1.54) is 5.56 Å². The Morgan fingerprint density at radius 1 is 1.08 bits per heavy atom. The molecule has 0 N–H and O–H groups in total. The van der Waals surface area contributed by atoms with Crippen LogP contribution in [0, 0.1) is 0 Å². The molecule has 0 saturated carbocycles. The van der Waals surface area contributed by atoms with Crippen molar-refractivity contribution in [3.05, 3.63) is 53.7 Å². The molecule has 1 fully saturated rings. The van der Waals surface area contributed by atoms with Gasteiger partial charge in [0.05, 0.1) is 18.3 Å². The van der Waals surface area contributed by atoms with Crippen molar-refractivity contribution in [2.45, 2.75) is 45.4 Å². The third kappa shape index (κ3) is 3.37. The molecule has 1 aromatic carbocycles. The summed E-state index contributed by atoms with van der Waals surface area (Å²) in [4.78, 5) is 2.27. The molecular weight excluding hydrogens is 301 g/mol. The molecule has 2 heterocycles. The van der Waals surface area contributed by atoms with Gasteiger partial charge >= 0.3 is 7.12 Å². The van der Waals surface area contributed by atoms with Gasteiger partial charge in [0.15, 0.2) is 0 Å². The molecule has 0 unspecified atom stereocenters. The normalized spacial score (nSPS) is 21.8. The molecule has 24 heavy (non-hydrogen) atoms. The Hall–Kier alpha value is -1.72. The quantitative estimate of drug-likeness (QED) is 0.791. The van der Waals surface area contributed by atoms with Crippen LogP contribution in [0.15, 0.2) is 48.1 Å². The molecule has 4 nitrogen and oxygen atoms in total. The fraction of sp³-hybridized carbons (Fsp3) is 0.474. The van der Waals surface area contributed by atoms with E-state index in [0.717, 1.165) is 24.3 Å². The Morgan fingerprint density at radius 3 is 2.29 bits per heavy atom. The topological polar surface area (TPSA) is 30.9 Å². The van der Waals surface area contributed by atoms with Gasteiger partial charge in [0.1, 0.15) is 5.75 Å². The van der Waals surface area contributed by atoms with Gasteiger partial charge in [-0.15, -0.1) is 0 Å². The summed E-state index contributed by atoms with van der Waals surface area (Å²) in [7, 11) is 1.37. The lowest BCUT2D eigenvalue weighted by Crippen LogP contribution is -2.41. The van der Waals surface area contributed by atoms with Crippen LogP contribution in [0.4, 0.5) is 0 Å². The first kappa shape index (κ1) is 17.1. The maximum Gasteiger partial charge on any atom is 0.496 e. The maximum absolute atomic E-state index is 6.15. The van der Waals surface area contributed by atoms with Gasteiger partial charge in [0.25, 0.3) is 0 Å². The third-order valence-corrected chi connectivity index (χ3v) is 5.05. The molecule has 128 valence electrons. The van der Waals surface area contributed by atoms with E-state index >= 15 is 0 Å². The van der Waals surface area contributed by atoms with Crippen LogP contribution >= 0.6 is 0 Å². The molecule has 3 rings (SSSR count). The SMILES string of the molecule is COc1ccc(CN2C=C(B3OC(C)(C)C(C)(C)O3)C=CC2)cc1. The molecule has 0 bridgehead atoms. The van der Waals surface area contributed by atoms with E-state index in [2.05, 4.69) is 63.1 Å². The predicted molar refractivity (Wildman–Crippen MR) is 96.7 cm³/mol. The van der Waals surface area contributed by atoms with Gasteiger partial charge in [-0.2, -0.15) is 0 Å². The molecule has 5 heteroatoms. The minimum Gasteiger partial charge on any atom is -0.497 e. The number of hydrogen-bond donors (Lipinski definition) is 0. The number of hydrogen-bond acceptors (Lipinski definition) is 4. The molecule has 0 atom stereocenters. The van der Waals surface area contributed by atoms with Crippen molar-refractivity contribution >= 4 is 7.12 Å². The van der Waals surface area contributed by atoms with Crippen molar-refractivity contribution in [1.82, 2.24) is 4.90 Å². The van der Waals surface area contributed by atoms with Gasteiger partial charge in [-0.05, 0) is 57.1 Å². The summed E-state index contributed by atoms with van der Waals surface area (Å²) >= 11 is 0. The Morgan fingerprint density at radius 2 is 1.71 bits per heavy atom. The second kappa shape index (κ2) is 6.30. The molecule has 1 saturated heterocycles. The molecule has 0 spiro atoms. The van der Waals surface area contributed by atoms with Crippen molar-refractivity contribution < 1.29 is 14.0 Å². The fourth-order valence-corrected chi connectivity index (χ4v) is 2.82. The monoisotopic (exact) mass is 327 g/mol. The van der Waals surface area contributed by atoms with Crippen LogP contribution in [0.2, 0.25) is 0 Å². The highest BCUT2D eigenvalue weighted by Gasteiger charge is 2.52. The second-order valence-electron chi connectivity index (χ2n) is 7.40. The van der Waals surface area contributed by atoms with Gasteiger partial charge in [-0.3, -0.25) is 0 Å². The summed E-state index contributed by atoms with van der Waals surface area (Å²) in [6, 6.07) is 8.18. The van der Waals surface area contributed by atoms with E-state index in [1.807, 2.05) is 12.1 Å². The molecule has 0 radical (unpaired) electrons. The van der Waals surface area contributed by atoms with E-state index < -0.39 is 0 Å². The Bertz CT molecular complexity index is 633. The number of nitrogens with zero attached hydrogens (tertiary/aromatic N) is 1. The first-order chi connectivity index (χ1) is 11.3. The predicted octanol–water partition coefficient (Wildman–Crippen LogP) is 3.58. The highest BCUT2D eigenvalue weighted by molar-refractivity contribution is 6.55. The smallest absolute Gasteiger partial charge is 0.496 e. The zero-order valence-corrected chi connectivity index (χ0v) is 15.2. The third-order valence-electron chi connectivity index (χ3n) is 5.05. The summed E-state index contributed by atoms with van der Waals surface area (Å²) in [5.41, 5.74) is 1.68. The van der Waals surface area contributed by atoms with Crippen LogP contribution in [0.5, 0.6) is 5.75 Å². The first-order valence-electron chi connectivity index (χ1n) is 8.42. The van der Waals surface area contributed by atoms with Gasteiger partial charge in [0, 0.05) is 13.1 Å².